The van der Waals surface area contributed by atoms with Crippen LogP contribution in [0.2, 0.25) is 10.0 Å². The third kappa shape index (κ3) is 5.89. The molecular weight excluding hydrogens is 295 g/mol. The summed E-state index contributed by atoms with van der Waals surface area (Å²) in [6.45, 7) is 0. The number of benzene rings is 1. The Balaban J connectivity index is 2.60. The maximum absolute atomic E-state index is 11.4. The maximum Gasteiger partial charge on any atom is 0.328 e. The summed E-state index contributed by atoms with van der Waals surface area (Å²) < 4.78 is 0. The molecular formula is C11H8Cl2N2O4. The number of rotatable bonds is 3. The van der Waals surface area contributed by atoms with Gasteiger partial charge < -0.3 is 10.4 Å². The summed E-state index contributed by atoms with van der Waals surface area (Å²) in [5.41, 5.74) is 0.296. The topological polar surface area (TPSA) is 95.5 Å². The Morgan fingerprint density at radius 3 is 2.16 bits per heavy atom. The number of carbonyl (C=O) groups excluding carboxylic acids is 2. The number of carboxylic acid groups (broad SMARTS) is 1. The Morgan fingerprint density at radius 2 is 1.63 bits per heavy atom. The van der Waals surface area contributed by atoms with Crippen LogP contribution in [-0.4, -0.2) is 23.0 Å². The van der Waals surface area contributed by atoms with Crippen LogP contribution < -0.4 is 10.6 Å². The second kappa shape index (κ2) is 6.77. The van der Waals surface area contributed by atoms with Crippen LogP contribution in [0.15, 0.2) is 30.4 Å². The zero-order valence-corrected chi connectivity index (χ0v) is 10.8. The summed E-state index contributed by atoms with van der Waals surface area (Å²) in [6, 6.07) is 3.51. The van der Waals surface area contributed by atoms with Crippen LogP contribution in [0.5, 0.6) is 0 Å². The van der Waals surface area contributed by atoms with Gasteiger partial charge in [-0.25, -0.2) is 9.59 Å². The van der Waals surface area contributed by atoms with E-state index < -0.39 is 17.9 Å². The molecule has 3 N–H and O–H groups in total. The van der Waals surface area contributed by atoms with Crippen molar-refractivity contribution in [3.05, 3.63) is 40.4 Å². The summed E-state index contributed by atoms with van der Waals surface area (Å²) in [6.07, 6.45) is 1.33. The Bertz CT molecular complexity index is 537. The van der Waals surface area contributed by atoms with Gasteiger partial charge in [0.15, 0.2) is 0 Å². The molecule has 0 aromatic heterocycles. The van der Waals surface area contributed by atoms with E-state index in [2.05, 4.69) is 5.32 Å². The van der Waals surface area contributed by atoms with Crippen LogP contribution >= 0.6 is 23.2 Å². The van der Waals surface area contributed by atoms with Gasteiger partial charge in [0.2, 0.25) is 0 Å². The van der Waals surface area contributed by atoms with Crippen molar-refractivity contribution in [3.8, 4) is 0 Å². The van der Waals surface area contributed by atoms with Gasteiger partial charge in [-0.3, -0.25) is 10.1 Å². The maximum atomic E-state index is 11.4. The molecule has 0 saturated heterocycles. The number of carboxylic acids is 1. The Morgan fingerprint density at radius 1 is 1.05 bits per heavy atom. The van der Waals surface area contributed by atoms with E-state index >= 15 is 0 Å². The van der Waals surface area contributed by atoms with E-state index in [0.29, 0.717) is 27.9 Å². The van der Waals surface area contributed by atoms with Crippen LogP contribution in [0, 0.1) is 0 Å². The molecule has 0 atom stereocenters. The van der Waals surface area contributed by atoms with Gasteiger partial charge in [-0.2, -0.15) is 0 Å². The molecule has 0 aliphatic heterocycles. The highest BCUT2D eigenvalue weighted by atomic mass is 35.5. The molecule has 0 aliphatic rings. The van der Waals surface area contributed by atoms with Gasteiger partial charge in [-0.15, -0.1) is 0 Å². The molecule has 1 aromatic carbocycles. The van der Waals surface area contributed by atoms with Gasteiger partial charge in [0, 0.05) is 27.9 Å². The Labute approximate surface area is 118 Å². The van der Waals surface area contributed by atoms with Gasteiger partial charge in [0.05, 0.1) is 0 Å². The van der Waals surface area contributed by atoms with E-state index in [0.717, 1.165) is 0 Å². The number of imide groups is 1. The lowest BCUT2D eigenvalue weighted by atomic mass is 10.3. The molecule has 100 valence electrons. The van der Waals surface area contributed by atoms with Crippen LogP contribution in [0.4, 0.5) is 10.5 Å². The van der Waals surface area contributed by atoms with Crippen molar-refractivity contribution in [2.24, 2.45) is 0 Å². The highest BCUT2D eigenvalue weighted by Crippen LogP contribution is 2.22. The Kier molecular flexibility index (Phi) is 5.35. The van der Waals surface area contributed by atoms with E-state index in [1.54, 1.807) is 0 Å². The lowest BCUT2D eigenvalue weighted by Gasteiger charge is -2.06. The van der Waals surface area contributed by atoms with E-state index in [4.69, 9.17) is 28.3 Å². The first kappa shape index (κ1) is 15.0. The molecule has 3 amide bonds. The number of carbonyl (C=O) groups is 3. The number of aliphatic carboxylic acids is 1. The summed E-state index contributed by atoms with van der Waals surface area (Å²) >= 11 is 11.4. The van der Waals surface area contributed by atoms with Crippen LogP contribution in [0.3, 0.4) is 0 Å². The van der Waals surface area contributed by atoms with Crippen molar-refractivity contribution >= 4 is 46.8 Å². The third-order valence-electron chi connectivity index (χ3n) is 1.73. The minimum Gasteiger partial charge on any atom is -0.478 e. The van der Waals surface area contributed by atoms with Gasteiger partial charge >= 0.3 is 12.0 Å². The molecule has 1 rings (SSSR count). The molecule has 1 aromatic rings. The summed E-state index contributed by atoms with van der Waals surface area (Å²) in [7, 11) is 0. The Hall–Kier alpha value is -2.05. The van der Waals surface area contributed by atoms with Gasteiger partial charge in [0.1, 0.15) is 0 Å². The summed E-state index contributed by atoms with van der Waals surface area (Å²) in [5.74, 6) is -2.16. The minimum atomic E-state index is -1.29. The minimum absolute atomic E-state index is 0.296. The van der Waals surface area contributed by atoms with E-state index in [1.165, 1.54) is 18.2 Å². The quantitative estimate of drug-likeness (QED) is 0.746. The molecule has 19 heavy (non-hydrogen) atoms. The number of urea groups is 1. The second-order valence-electron chi connectivity index (χ2n) is 3.27. The van der Waals surface area contributed by atoms with Crippen molar-refractivity contribution in [3.63, 3.8) is 0 Å². The summed E-state index contributed by atoms with van der Waals surface area (Å²) in [5, 5.41) is 13.2. The second-order valence-corrected chi connectivity index (χ2v) is 4.15. The number of anilines is 1. The first-order valence-electron chi connectivity index (χ1n) is 4.86. The smallest absolute Gasteiger partial charge is 0.328 e. The molecule has 0 bridgehead atoms. The molecule has 0 radical (unpaired) electrons. The zero-order chi connectivity index (χ0) is 14.4. The molecule has 0 fully saturated rings. The van der Waals surface area contributed by atoms with Crippen molar-refractivity contribution in [1.82, 2.24) is 5.32 Å². The predicted molar refractivity (Wildman–Crippen MR) is 70.4 cm³/mol. The average Bonchev–Trinajstić information content (AvgIpc) is 2.24. The number of halogens is 2. The summed E-state index contributed by atoms with van der Waals surface area (Å²) in [4.78, 5) is 32.6. The average molecular weight is 303 g/mol. The first-order chi connectivity index (χ1) is 8.86. The zero-order valence-electron chi connectivity index (χ0n) is 9.31. The molecule has 6 nitrogen and oxygen atoms in total. The van der Waals surface area contributed by atoms with Crippen molar-refractivity contribution in [2.45, 2.75) is 0 Å². The number of hydrogen-bond acceptors (Lipinski definition) is 3. The van der Waals surface area contributed by atoms with E-state index in [9.17, 15) is 14.4 Å². The van der Waals surface area contributed by atoms with Gasteiger partial charge in [0.25, 0.3) is 5.91 Å². The monoisotopic (exact) mass is 302 g/mol. The standard InChI is InChI=1S/C11H8Cl2N2O4/c12-6-3-7(13)5-8(4-6)14-11(19)15-9(16)1-2-10(17)18/h1-5H,(H,17,18)(H2,14,15,16,19)/b2-1+. The van der Waals surface area contributed by atoms with Crippen LogP contribution in [0.25, 0.3) is 0 Å². The van der Waals surface area contributed by atoms with Gasteiger partial charge in [-0.05, 0) is 18.2 Å². The fourth-order valence-electron chi connectivity index (χ4n) is 1.09. The molecule has 0 spiro atoms. The lowest BCUT2D eigenvalue weighted by Crippen LogP contribution is -2.33. The molecule has 0 aliphatic carbocycles. The van der Waals surface area contributed by atoms with Crippen molar-refractivity contribution < 1.29 is 19.5 Å². The predicted octanol–water partition coefficient (Wildman–Crippen LogP) is 2.28. The van der Waals surface area contributed by atoms with Crippen LogP contribution in [0.1, 0.15) is 0 Å². The fraction of sp³-hybridized carbons (Fsp3) is 0. The highest BCUT2D eigenvalue weighted by molar-refractivity contribution is 6.35. The normalized spacial score (nSPS) is 10.2. The van der Waals surface area contributed by atoms with Crippen molar-refractivity contribution in [2.75, 3.05) is 5.32 Å². The highest BCUT2D eigenvalue weighted by Gasteiger charge is 2.06. The molecule has 0 heterocycles. The largest absolute Gasteiger partial charge is 0.478 e. The van der Waals surface area contributed by atoms with Crippen LogP contribution in [-0.2, 0) is 9.59 Å². The fourth-order valence-corrected chi connectivity index (χ4v) is 1.61. The SMILES string of the molecule is O=C(O)/C=C/C(=O)NC(=O)Nc1cc(Cl)cc(Cl)c1. The third-order valence-corrected chi connectivity index (χ3v) is 2.17. The number of amides is 3. The first-order valence-corrected chi connectivity index (χ1v) is 5.61. The lowest BCUT2D eigenvalue weighted by molar-refractivity contribution is -0.131. The molecule has 8 heteroatoms. The number of hydrogen-bond donors (Lipinski definition) is 3. The van der Waals surface area contributed by atoms with E-state index in [1.807, 2.05) is 5.32 Å². The molecule has 0 unspecified atom stereocenters. The van der Waals surface area contributed by atoms with Gasteiger partial charge in [-0.1, -0.05) is 23.2 Å². The van der Waals surface area contributed by atoms with Crippen molar-refractivity contribution in [1.29, 1.82) is 0 Å². The van der Waals surface area contributed by atoms with E-state index in [-0.39, 0.29) is 0 Å². The molecule has 0 saturated carbocycles. The number of nitrogens with one attached hydrogen (secondary N) is 2.